The minimum Gasteiger partial charge on any atom is -0.469 e. The van der Waals surface area contributed by atoms with Crippen LogP contribution < -0.4 is 0 Å². The highest BCUT2D eigenvalue weighted by Crippen LogP contribution is 2.57. The number of likely N-dealkylation sites (tertiary alicyclic amines) is 1. The number of ether oxygens (including phenoxy) is 1. The normalized spacial score (nSPS) is 28.5. The van der Waals surface area contributed by atoms with E-state index in [1.165, 1.54) is 21.8 Å². The van der Waals surface area contributed by atoms with Crippen molar-refractivity contribution < 1.29 is 9.53 Å². The second-order valence-corrected chi connectivity index (χ2v) is 9.20. The minimum atomic E-state index is -0.490. The average molecular weight is 479 g/mol. The summed E-state index contributed by atoms with van der Waals surface area (Å²) in [5, 5.41) is 4.30. The van der Waals surface area contributed by atoms with Crippen LogP contribution in [0, 0.1) is 11.3 Å². The fraction of sp³-hybridized carbons (Fsp3) is 0.381. The van der Waals surface area contributed by atoms with Gasteiger partial charge >= 0.3 is 5.97 Å². The number of hydrogen-bond acceptors (Lipinski definition) is 4. The molecule has 2 aromatic rings. The molecule has 0 radical (unpaired) electrons. The van der Waals surface area contributed by atoms with E-state index in [1.54, 1.807) is 11.3 Å². The number of benzene rings is 1. The Hall–Kier alpha value is -1.18. The highest BCUT2D eigenvalue weighted by Gasteiger charge is 2.59. The van der Waals surface area contributed by atoms with Gasteiger partial charge in [0, 0.05) is 31.5 Å². The topological polar surface area (TPSA) is 29.5 Å². The number of hydrogen-bond donors (Lipinski definition) is 0. The molecule has 1 aliphatic heterocycles. The first kappa shape index (κ1) is 18.2. The molecule has 3 atom stereocenters. The Morgan fingerprint density at radius 1 is 1.31 bits per heavy atom. The Morgan fingerprint density at radius 3 is 2.81 bits per heavy atom. The van der Waals surface area contributed by atoms with Crippen LogP contribution in [0.1, 0.15) is 23.5 Å². The number of halogens is 1. The Morgan fingerprint density at radius 2 is 2.12 bits per heavy atom. The maximum Gasteiger partial charge on any atom is 0.314 e. The van der Waals surface area contributed by atoms with Crippen LogP contribution in [0.5, 0.6) is 0 Å². The summed E-state index contributed by atoms with van der Waals surface area (Å²) in [5.41, 5.74) is 2.07. The van der Waals surface area contributed by atoms with Crippen molar-refractivity contribution in [3.63, 3.8) is 0 Å². The fourth-order valence-electron chi connectivity index (χ4n) is 4.64. The van der Waals surface area contributed by atoms with Gasteiger partial charge in [0.2, 0.25) is 0 Å². The molecule has 1 saturated heterocycles. The van der Waals surface area contributed by atoms with E-state index in [9.17, 15) is 4.79 Å². The molecule has 1 fully saturated rings. The predicted octanol–water partition coefficient (Wildman–Crippen LogP) is 4.85. The van der Waals surface area contributed by atoms with E-state index >= 15 is 0 Å². The maximum absolute atomic E-state index is 13.1. The van der Waals surface area contributed by atoms with Crippen LogP contribution in [0.4, 0.5) is 0 Å². The molecular formula is C21H22INO2S. The number of thiophene rings is 1. The quantitative estimate of drug-likeness (QED) is 0.464. The number of methoxy groups -OCH3 is 1. The molecular weight excluding hydrogens is 457 g/mol. The van der Waals surface area contributed by atoms with Gasteiger partial charge in [-0.15, -0.1) is 0 Å². The van der Waals surface area contributed by atoms with E-state index in [4.69, 9.17) is 4.74 Å². The Bertz CT molecular complexity index is 805. The van der Waals surface area contributed by atoms with Gasteiger partial charge in [-0.2, -0.15) is 11.3 Å². The number of carbonyl (C=O) groups excluding carboxylic acids is 1. The lowest BCUT2D eigenvalue weighted by Crippen LogP contribution is -2.46. The molecule has 3 nitrogen and oxygen atoms in total. The van der Waals surface area contributed by atoms with Crippen LogP contribution in [0.15, 0.2) is 56.8 Å². The molecule has 0 saturated carbocycles. The Labute approximate surface area is 172 Å². The SMILES string of the molecule is COC(=O)C12CN(Cc3ccccc3)CC1C(I)=CCC2c1ccsc1. The molecule has 136 valence electrons. The van der Waals surface area contributed by atoms with Gasteiger partial charge in [0.15, 0.2) is 0 Å². The molecule has 1 aromatic carbocycles. The van der Waals surface area contributed by atoms with Crippen molar-refractivity contribution in [2.24, 2.45) is 11.3 Å². The van der Waals surface area contributed by atoms with Gasteiger partial charge in [-0.25, -0.2) is 0 Å². The molecule has 0 bridgehead atoms. The molecule has 26 heavy (non-hydrogen) atoms. The van der Waals surface area contributed by atoms with Gasteiger partial charge in [0.1, 0.15) is 0 Å². The Kier molecular flexibility index (Phi) is 5.21. The molecule has 0 spiro atoms. The largest absolute Gasteiger partial charge is 0.469 e. The van der Waals surface area contributed by atoms with Crippen LogP contribution in [-0.2, 0) is 16.1 Å². The van der Waals surface area contributed by atoms with Gasteiger partial charge in [-0.05, 0) is 60.5 Å². The van der Waals surface area contributed by atoms with E-state index < -0.39 is 5.41 Å². The summed E-state index contributed by atoms with van der Waals surface area (Å²) in [6.45, 7) is 2.52. The van der Waals surface area contributed by atoms with Gasteiger partial charge in [-0.3, -0.25) is 9.69 Å². The molecule has 1 aromatic heterocycles. The molecule has 1 aliphatic carbocycles. The predicted molar refractivity (Wildman–Crippen MR) is 113 cm³/mol. The van der Waals surface area contributed by atoms with Crippen molar-refractivity contribution >= 4 is 39.9 Å². The fourth-order valence-corrected chi connectivity index (χ4v) is 6.36. The van der Waals surface area contributed by atoms with Gasteiger partial charge in [0.05, 0.1) is 12.5 Å². The van der Waals surface area contributed by atoms with Crippen LogP contribution >= 0.6 is 33.9 Å². The van der Waals surface area contributed by atoms with E-state index in [0.29, 0.717) is 0 Å². The van der Waals surface area contributed by atoms with Crippen molar-refractivity contribution in [3.05, 3.63) is 67.9 Å². The van der Waals surface area contributed by atoms with Crippen molar-refractivity contribution in [2.75, 3.05) is 20.2 Å². The summed E-state index contributed by atoms with van der Waals surface area (Å²) in [7, 11) is 1.53. The molecule has 4 rings (SSSR count). The maximum atomic E-state index is 13.1. The summed E-state index contributed by atoms with van der Waals surface area (Å²) in [4.78, 5) is 15.6. The average Bonchev–Trinajstić information content (AvgIpc) is 3.31. The lowest BCUT2D eigenvalue weighted by molar-refractivity contribution is -0.155. The van der Waals surface area contributed by atoms with Crippen molar-refractivity contribution in [2.45, 2.75) is 18.9 Å². The lowest BCUT2D eigenvalue weighted by Gasteiger charge is -2.41. The first-order valence-electron chi connectivity index (χ1n) is 8.87. The van der Waals surface area contributed by atoms with E-state index in [1.807, 2.05) is 6.07 Å². The summed E-state index contributed by atoms with van der Waals surface area (Å²) in [5.74, 6) is 0.333. The van der Waals surface area contributed by atoms with Gasteiger partial charge < -0.3 is 4.74 Å². The summed E-state index contributed by atoms with van der Waals surface area (Å²) >= 11 is 4.13. The van der Waals surface area contributed by atoms with E-state index in [2.05, 4.69) is 74.7 Å². The monoisotopic (exact) mass is 479 g/mol. The molecule has 2 aliphatic rings. The van der Waals surface area contributed by atoms with Crippen LogP contribution in [0.25, 0.3) is 0 Å². The van der Waals surface area contributed by atoms with Crippen molar-refractivity contribution in [1.29, 1.82) is 0 Å². The third-order valence-corrected chi connectivity index (χ3v) is 7.70. The standard InChI is InChI=1S/C21H22INO2S/c1-25-20(24)21-14-23(11-15-5-3-2-4-6-15)12-18(21)19(22)8-7-17(21)16-9-10-26-13-16/h2-6,8-10,13,17-18H,7,11-12,14H2,1H3. The van der Waals surface area contributed by atoms with Crippen LogP contribution in [0.2, 0.25) is 0 Å². The van der Waals surface area contributed by atoms with Crippen LogP contribution in [0.3, 0.4) is 0 Å². The molecule has 5 heteroatoms. The number of esters is 1. The minimum absolute atomic E-state index is 0.0588. The first-order valence-corrected chi connectivity index (χ1v) is 10.9. The van der Waals surface area contributed by atoms with Crippen molar-refractivity contribution in [1.82, 2.24) is 4.90 Å². The first-order chi connectivity index (χ1) is 12.6. The van der Waals surface area contributed by atoms with Crippen LogP contribution in [-0.4, -0.2) is 31.1 Å². The zero-order valence-corrected chi connectivity index (χ0v) is 17.7. The second-order valence-electron chi connectivity index (χ2n) is 7.17. The highest BCUT2D eigenvalue weighted by molar-refractivity contribution is 14.1. The molecule has 2 heterocycles. The zero-order valence-electron chi connectivity index (χ0n) is 14.7. The summed E-state index contributed by atoms with van der Waals surface area (Å²) < 4.78 is 6.68. The lowest BCUT2D eigenvalue weighted by atomic mass is 9.62. The highest BCUT2D eigenvalue weighted by atomic mass is 127. The number of fused-ring (bicyclic) bond motifs is 1. The molecule has 0 N–H and O–H groups in total. The number of nitrogens with zero attached hydrogens (tertiary/aromatic N) is 1. The van der Waals surface area contributed by atoms with E-state index in [-0.39, 0.29) is 17.8 Å². The third-order valence-electron chi connectivity index (χ3n) is 5.81. The number of allylic oxidation sites excluding steroid dienone is 1. The number of carbonyl (C=O) groups is 1. The second kappa shape index (κ2) is 7.44. The smallest absolute Gasteiger partial charge is 0.314 e. The van der Waals surface area contributed by atoms with Gasteiger partial charge in [0.25, 0.3) is 0 Å². The molecule has 3 unspecified atom stereocenters. The third kappa shape index (κ3) is 3.04. The zero-order chi connectivity index (χ0) is 18.1. The molecule has 0 amide bonds. The van der Waals surface area contributed by atoms with Gasteiger partial charge in [-0.1, -0.05) is 36.4 Å². The van der Waals surface area contributed by atoms with E-state index in [0.717, 1.165) is 26.1 Å². The Balaban J connectivity index is 1.71. The summed E-state index contributed by atoms with van der Waals surface area (Å²) in [6, 6.07) is 12.7. The van der Waals surface area contributed by atoms with Crippen molar-refractivity contribution in [3.8, 4) is 0 Å². The summed E-state index contributed by atoms with van der Waals surface area (Å²) in [6.07, 6.45) is 3.22. The number of rotatable bonds is 4.